The third kappa shape index (κ3) is 4.55. The fourth-order valence-electron chi connectivity index (χ4n) is 2.08. The van der Waals surface area contributed by atoms with Crippen LogP contribution in [0.1, 0.15) is 33.3 Å². The number of anilines is 2. The Morgan fingerprint density at radius 3 is 2.08 bits per heavy atom. The third-order valence-corrected chi connectivity index (χ3v) is 9.39. The lowest BCUT2D eigenvalue weighted by atomic mass is 10.1. The maximum atomic E-state index is 6.46. The van der Waals surface area contributed by atoms with Gasteiger partial charge in [0.2, 0.25) is 0 Å². The summed E-state index contributed by atoms with van der Waals surface area (Å²) in [5.41, 5.74) is 3.35. The van der Waals surface area contributed by atoms with Gasteiger partial charge in [0.1, 0.15) is 5.75 Å². The summed E-state index contributed by atoms with van der Waals surface area (Å²) in [7, 11) is -1.88. The minimum absolute atomic E-state index is 0.147. The molecule has 0 radical (unpaired) electrons. The van der Waals surface area contributed by atoms with Crippen molar-refractivity contribution in [1.29, 1.82) is 0 Å². The molecule has 2 aromatic carbocycles. The summed E-state index contributed by atoms with van der Waals surface area (Å²) in [6.45, 7) is 13.3. The quantitative estimate of drug-likeness (QED) is 0.577. The molecule has 0 heterocycles. The van der Waals surface area contributed by atoms with E-state index < -0.39 is 8.32 Å². The van der Waals surface area contributed by atoms with Crippen LogP contribution in [0, 0.1) is 0 Å². The molecule has 0 bridgehead atoms. The second-order valence-corrected chi connectivity index (χ2v) is 12.8. The summed E-state index contributed by atoms with van der Waals surface area (Å²) in [4.78, 5) is 0. The van der Waals surface area contributed by atoms with Crippen molar-refractivity contribution in [3.63, 3.8) is 0 Å². The van der Waals surface area contributed by atoms with Crippen molar-refractivity contribution in [3.8, 4) is 5.75 Å². The fraction of sp³-hybridized carbons (Fsp3) is 0.400. The average molecular weight is 362 g/mol. The van der Waals surface area contributed by atoms with Crippen LogP contribution in [-0.4, -0.2) is 8.32 Å². The second-order valence-electron chi connectivity index (χ2n) is 7.68. The molecular weight excluding hydrogens is 334 g/mol. The van der Waals surface area contributed by atoms with E-state index in [-0.39, 0.29) is 5.04 Å². The zero-order chi connectivity index (χ0) is 18.0. The van der Waals surface area contributed by atoms with Crippen molar-refractivity contribution >= 4 is 31.3 Å². The molecule has 0 saturated heterocycles. The van der Waals surface area contributed by atoms with Crippen molar-refractivity contribution in [2.24, 2.45) is 0 Å². The average Bonchev–Trinajstić information content (AvgIpc) is 2.49. The molecule has 0 aliphatic rings. The first kappa shape index (κ1) is 18.9. The smallest absolute Gasteiger partial charge is 0.250 e. The molecule has 2 aromatic rings. The summed E-state index contributed by atoms with van der Waals surface area (Å²) in [6.07, 6.45) is 1.05. The number of aryl methyl sites for hydroxylation is 1. The predicted molar refractivity (Wildman–Crippen MR) is 108 cm³/mol. The van der Waals surface area contributed by atoms with E-state index in [1.165, 1.54) is 5.56 Å². The first-order valence-corrected chi connectivity index (χ1v) is 11.8. The lowest BCUT2D eigenvalue weighted by Crippen LogP contribution is -2.43. The van der Waals surface area contributed by atoms with E-state index in [0.29, 0.717) is 5.02 Å². The van der Waals surface area contributed by atoms with Crippen LogP contribution in [-0.2, 0) is 6.42 Å². The zero-order valence-electron chi connectivity index (χ0n) is 15.5. The Bertz CT molecular complexity index is 690. The highest BCUT2D eigenvalue weighted by Gasteiger charge is 2.39. The summed E-state index contributed by atoms with van der Waals surface area (Å²) in [5.74, 6) is 0.773. The van der Waals surface area contributed by atoms with E-state index >= 15 is 0 Å². The maximum Gasteiger partial charge on any atom is 0.250 e. The van der Waals surface area contributed by atoms with Gasteiger partial charge in [-0.2, -0.15) is 0 Å². The van der Waals surface area contributed by atoms with Gasteiger partial charge in [0, 0.05) is 11.4 Å². The van der Waals surface area contributed by atoms with Crippen molar-refractivity contribution in [2.75, 3.05) is 5.32 Å². The van der Waals surface area contributed by atoms with Crippen LogP contribution in [0.4, 0.5) is 11.4 Å². The Morgan fingerprint density at radius 1 is 1.00 bits per heavy atom. The molecule has 24 heavy (non-hydrogen) atoms. The van der Waals surface area contributed by atoms with Gasteiger partial charge in [0.15, 0.2) is 0 Å². The zero-order valence-corrected chi connectivity index (χ0v) is 17.3. The first-order chi connectivity index (χ1) is 11.1. The normalized spacial score (nSPS) is 12.1. The molecule has 0 atom stereocenters. The Balaban J connectivity index is 2.14. The molecule has 0 amide bonds. The molecule has 2 nitrogen and oxygen atoms in total. The Hall–Kier alpha value is -1.45. The van der Waals surface area contributed by atoms with E-state index in [1.54, 1.807) is 0 Å². The summed E-state index contributed by atoms with van der Waals surface area (Å²) in [6, 6.07) is 14.4. The molecule has 4 heteroatoms. The predicted octanol–water partition coefficient (Wildman–Crippen LogP) is 7.03. The standard InChI is InChI=1S/C20H28ClNOSi/c1-7-15-8-10-16(11-9-15)22-17-12-13-19(18(21)14-17)23-24(5,6)20(2,3)4/h8-14,22H,7H2,1-6H3. The molecule has 2 rings (SSSR count). The molecule has 0 aliphatic carbocycles. The number of hydrogen-bond acceptors (Lipinski definition) is 2. The van der Waals surface area contributed by atoms with E-state index in [0.717, 1.165) is 23.5 Å². The number of rotatable bonds is 5. The van der Waals surface area contributed by atoms with Gasteiger partial charge in [0.05, 0.1) is 5.02 Å². The molecule has 0 saturated carbocycles. The van der Waals surface area contributed by atoms with Gasteiger partial charge in [0.25, 0.3) is 8.32 Å². The first-order valence-electron chi connectivity index (χ1n) is 8.47. The summed E-state index contributed by atoms with van der Waals surface area (Å²) >= 11 is 6.46. The van der Waals surface area contributed by atoms with Crippen LogP contribution in [0.25, 0.3) is 0 Å². The monoisotopic (exact) mass is 361 g/mol. The number of nitrogens with one attached hydrogen (secondary N) is 1. The minimum atomic E-state index is -1.88. The van der Waals surface area contributed by atoms with E-state index in [1.807, 2.05) is 18.2 Å². The molecule has 1 N–H and O–H groups in total. The van der Waals surface area contributed by atoms with E-state index in [4.69, 9.17) is 16.0 Å². The maximum absolute atomic E-state index is 6.46. The fourth-order valence-corrected chi connectivity index (χ4v) is 3.40. The Labute approximate surface area is 152 Å². The van der Waals surface area contributed by atoms with Gasteiger partial charge < -0.3 is 9.74 Å². The van der Waals surface area contributed by atoms with E-state index in [2.05, 4.69) is 70.4 Å². The SMILES string of the molecule is CCc1ccc(Nc2ccc(O[Si](C)(C)C(C)(C)C)c(Cl)c2)cc1. The minimum Gasteiger partial charge on any atom is -0.543 e. The lowest BCUT2D eigenvalue weighted by Gasteiger charge is -2.36. The second kappa shape index (κ2) is 7.20. The van der Waals surface area contributed by atoms with Crippen LogP contribution < -0.4 is 9.74 Å². The molecular formula is C20H28ClNOSi. The molecule has 130 valence electrons. The highest BCUT2D eigenvalue weighted by Crippen LogP contribution is 2.39. The van der Waals surface area contributed by atoms with E-state index in [9.17, 15) is 0 Å². The van der Waals surface area contributed by atoms with Crippen molar-refractivity contribution in [1.82, 2.24) is 0 Å². The molecule has 0 aromatic heterocycles. The van der Waals surface area contributed by atoms with Gasteiger partial charge in [-0.15, -0.1) is 0 Å². The molecule has 0 fully saturated rings. The summed E-state index contributed by atoms with van der Waals surface area (Å²) in [5, 5.41) is 4.18. The van der Waals surface area contributed by atoms with Gasteiger partial charge in [-0.05, 0) is 60.4 Å². The van der Waals surface area contributed by atoms with Gasteiger partial charge >= 0.3 is 0 Å². The molecule has 0 spiro atoms. The van der Waals surface area contributed by atoms with Crippen LogP contribution in [0.3, 0.4) is 0 Å². The van der Waals surface area contributed by atoms with Crippen LogP contribution >= 0.6 is 11.6 Å². The largest absolute Gasteiger partial charge is 0.543 e. The van der Waals surface area contributed by atoms with Gasteiger partial charge in [-0.25, -0.2) is 0 Å². The molecule has 0 aliphatic heterocycles. The molecule has 0 unspecified atom stereocenters. The lowest BCUT2D eigenvalue weighted by molar-refractivity contribution is 0.492. The summed E-state index contributed by atoms with van der Waals surface area (Å²) < 4.78 is 6.31. The Morgan fingerprint density at radius 2 is 1.58 bits per heavy atom. The number of benzene rings is 2. The highest BCUT2D eigenvalue weighted by molar-refractivity contribution is 6.74. The number of halogens is 1. The van der Waals surface area contributed by atoms with Crippen molar-refractivity contribution in [2.45, 2.75) is 52.2 Å². The van der Waals surface area contributed by atoms with Crippen LogP contribution in [0.15, 0.2) is 42.5 Å². The van der Waals surface area contributed by atoms with Crippen LogP contribution in [0.5, 0.6) is 5.75 Å². The van der Waals surface area contributed by atoms with Gasteiger partial charge in [-0.1, -0.05) is 51.4 Å². The third-order valence-electron chi connectivity index (χ3n) is 4.75. The van der Waals surface area contributed by atoms with Crippen molar-refractivity contribution in [3.05, 3.63) is 53.1 Å². The number of hydrogen-bond donors (Lipinski definition) is 1. The Kier molecular flexibility index (Phi) is 5.66. The van der Waals surface area contributed by atoms with Gasteiger partial charge in [-0.3, -0.25) is 0 Å². The highest BCUT2D eigenvalue weighted by atomic mass is 35.5. The topological polar surface area (TPSA) is 21.3 Å². The van der Waals surface area contributed by atoms with Crippen molar-refractivity contribution < 1.29 is 4.43 Å². The van der Waals surface area contributed by atoms with Crippen LogP contribution in [0.2, 0.25) is 23.2 Å².